The minimum Gasteiger partial charge on any atom is -0.275 e. The molecule has 0 N–H and O–H groups in total. The number of hydrogen-bond acceptors (Lipinski definition) is 0. The molecule has 3 heteroatoms. The number of hydrogen-bond donors (Lipinski definition) is 0. The average Bonchev–Trinajstić information content (AvgIpc) is 2.25. The first-order chi connectivity index (χ1) is 7.77. The molecule has 0 aromatic carbocycles. The molecule has 0 unspecified atom stereocenters. The summed E-state index contributed by atoms with van der Waals surface area (Å²) in [4.78, 5) is 0. The predicted octanol–water partition coefficient (Wildman–Crippen LogP) is 5.46. The van der Waals surface area contributed by atoms with Crippen molar-refractivity contribution in [2.75, 3.05) is 0 Å². The van der Waals surface area contributed by atoms with Gasteiger partial charge in [0.1, 0.15) is 0 Å². The molecule has 0 aliphatic heterocycles. The summed E-state index contributed by atoms with van der Waals surface area (Å²) < 4.78 is 23.9. The number of halogens is 2. The fraction of sp³-hybridized carbons (Fsp3) is 1.00. The molecular formula is C13H28F2Si. The Morgan fingerprint density at radius 1 is 0.625 bits per heavy atom. The molecule has 0 nitrogen and oxygen atoms in total. The van der Waals surface area contributed by atoms with Gasteiger partial charge in [0.2, 0.25) is 0 Å². The van der Waals surface area contributed by atoms with Gasteiger partial charge in [-0.1, -0.05) is 77.6 Å². The van der Waals surface area contributed by atoms with Gasteiger partial charge in [0, 0.05) is 0 Å². The summed E-state index contributed by atoms with van der Waals surface area (Å²) in [6.45, 7) is 2.24. The maximum Gasteiger partial charge on any atom is 0.411 e. The quantitative estimate of drug-likeness (QED) is 0.245. The second-order valence-corrected chi connectivity index (χ2v) is 6.07. The van der Waals surface area contributed by atoms with Crippen LogP contribution in [-0.4, -0.2) is 9.46 Å². The molecule has 0 saturated carbocycles. The molecule has 0 fully saturated rings. The smallest absolute Gasteiger partial charge is 0.275 e. The number of unbranched alkanes of at least 4 members (excludes halogenated alkanes) is 10. The van der Waals surface area contributed by atoms with Crippen LogP contribution in [0.2, 0.25) is 6.04 Å². The number of rotatable bonds is 12. The van der Waals surface area contributed by atoms with Crippen LogP contribution in [0.25, 0.3) is 0 Å². The van der Waals surface area contributed by atoms with Crippen LogP contribution in [0.15, 0.2) is 0 Å². The van der Waals surface area contributed by atoms with Crippen LogP contribution >= 0.6 is 0 Å². The topological polar surface area (TPSA) is 0 Å². The summed E-state index contributed by atoms with van der Waals surface area (Å²) in [5.41, 5.74) is 0. The molecule has 0 saturated heterocycles. The fourth-order valence-corrected chi connectivity index (χ4v) is 2.56. The second-order valence-electron chi connectivity index (χ2n) is 4.72. The van der Waals surface area contributed by atoms with Crippen LogP contribution in [0.4, 0.5) is 8.22 Å². The maximum absolute atomic E-state index is 12.0. The summed E-state index contributed by atoms with van der Waals surface area (Å²) in [5.74, 6) is 0. The highest BCUT2D eigenvalue weighted by atomic mass is 28.4. The zero-order valence-corrected chi connectivity index (χ0v) is 12.0. The Morgan fingerprint density at radius 3 is 1.38 bits per heavy atom. The van der Waals surface area contributed by atoms with Gasteiger partial charge in [-0.2, -0.15) is 0 Å². The molecule has 0 amide bonds. The molecule has 0 aromatic heterocycles. The largest absolute Gasteiger partial charge is 0.411 e. The second kappa shape index (κ2) is 13.1. The van der Waals surface area contributed by atoms with E-state index >= 15 is 0 Å². The lowest BCUT2D eigenvalue weighted by Crippen LogP contribution is -1.94. The zero-order chi connectivity index (χ0) is 12.1. The summed E-state index contributed by atoms with van der Waals surface area (Å²) in [7, 11) is -3.25. The Hall–Kier alpha value is 0.0769. The van der Waals surface area contributed by atoms with Crippen molar-refractivity contribution < 1.29 is 8.22 Å². The van der Waals surface area contributed by atoms with Crippen molar-refractivity contribution in [3.05, 3.63) is 0 Å². The first-order valence-corrected chi connectivity index (χ1v) is 8.74. The van der Waals surface area contributed by atoms with Gasteiger partial charge >= 0.3 is 9.46 Å². The molecule has 0 heterocycles. The third kappa shape index (κ3) is 14.1. The van der Waals surface area contributed by atoms with Gasteiger partial charge in [-0.3, -0.25) is 8.22 Å². The van der Waals surface area contributed by atoms with Crippen molar-refractivity contribution in [2.24, 2.45) is 0 Å². The van der Waals surface area contributed by atoms with Gasteiger partial charge < -0.3 is 0 Å². The lowest BCUT2D eigenvalue weighted by atomic mass is 10.1. The first kappa shape index (κ1) is 16.1. The molecule has 0 bridgehead atoms. The third-order valence-electron chi connectivity index (χ3n) is 3.03. The summed E-state index contributed by atoms with van der Waals surface area (Å²) in [6, 6.07) is 0.233. The Balaban J connectivity index is 2.88. The first-order valence-electron chi connectivity index (χ1n) is 7.05. The molecule has 0 spiro atoms. The Morgan fingerprint density at radius 2 is 1.00 bits per heavy atom. The fourth-order valence-electron chi connectivity index (χ4n) is 1.96. The minimum absolute atomic E-state index is 0.233. The lowest BCUT2D eigenvalue weighted by molar-refractivity contribution is 0.549. The molecule has 16 heavy (non-hydrogen) atoms. The van der Waals surface area contributed by atoms with Crippen molar-refractivity contribution in [3.63, 3.8) is 0 Å². The highest BCUT2D eigenvalue weighted by Gasteiger charge is 2.05. The maximum atomic E-state index is 12.0. The van der Waals surface area contributed by atoms with Crippen LogP contribution in [0.3, 0.4) is 0 Å². The zero-order valence-electron chi connectivity index (χ0n) is 10.8. The van der Waals surface area contributed by atoms with Crippen LogP contribution in [-0.2, 0) is 0 Å². The lowest BCUT2D eigenvalue weighted by Gasteiger charge is -2.02. The molecule has 0 aliphatic rings. The Labute approximate surface area is 102 Å². The van der Waals surface area contributed by atoms with Crippen LogP contribution < -0.4 is 0 Å². The van der Waals surface area contributed by atoms with Gasteiger partial charge in [-0.15, -0.1) is 0 Å². The minimum atomic E-state index is -3.25. The average molecular weight is 250 g/mol. The van der Waals surface area contributed by atoms with Crippen molar-refractivity contribution in [1.29, 1.82) is 0 Å². The van der Waals surface area contributed by atoms with E-state index in [0.29, 0.717) is 0 Å². The molecule has 0 aromatic rings. The molecule has 0 rings (SSSR count). The van der Waals surface area contributed by atoms with Crippen molar-refractivity contribution in [1.82, 2.24) is 0 Å². The molecule has 98 valence electrons. The predicted molar refractivity (Wildman–Crippen MR) is 70.6 cm³/mol. The molecular weight excluding hydrogens is 222 g/mol. The highest BCUT2D eigenvalue weighted by molar-refractivity contribution is 6.42. The Kier molecular flexibility index (Phi) is 13.2. The van der Waals surface area contributed by atoms with Gasteiger partial charge in [-0.25, -0.2) is 0 Å². The van der Waals surface area contributed by atoms with Crippen LogP contribution in [0.5, 0.6) is 0 Å². The van der Waals surface area contributed by atoms with Gasteiger partial charge in [-0.05, 0) is 6.04 Å². The van der Waals surface area contributed by atoms with E-state index in [1.165, 1.54) is 51.4 Å². The molecule has 0 atom stereocenters. The third-order valence-corrected chi connectivity index (χ3v) is 3.87. The monoisotopic (exact) mass is 250 g/mol. The van der Waals surface area contributed by atoms with Crippen molar-refractivity contribution in [2.45, 2.75) is 83.6 Å². The Bertz CT molecular complexity index is 129. The van der Waals surface area contributed by atoms with E-state index in [1.54, 1.807) is 0 Å². The van der Waals surface area contributed by atoms with E-state index in [9.17, 15) is 8.22 Å². The van der Waals surface area contributed by atoms with E-state index in [-0.39, 0.29) is 6.04 Å². The van der Waals surface area contributed by atoms with E-state index in [2.05, 4.69) is 6.92 Å². The molecule has 0 radical (unpaired) electrons. The van der Waals surface area contributed by atoms with E-state index in [4.69, 9.17) is 0 Å². The van der Waals surface area contributed by atoms with Gasteiger partial charge in [0.05, 0.1) is 0 Å². The summed E-state index contributed by atoms with van der Waals surface area (Å²) in [5, 5.41) is 0. The van der Waals surface area contributed by atoms with E-state index < -0.39 is 9.46 Å². The van der Waals surface area contributed by atoms with Gasteiger partial charge in [0.25, 0.3) is 0 Å². The SMILES string of the molecule is CCCCCCCCCCCCC[SiH](F)F. The van der Waals surface area contributed by atoms with E-state index in [1.807, 2.05) is 0 Å². The van der Waals surface area contributed by atoms with Crippen molar-refractivity contribution >= 4 is 9.46 Å². The van der Waals surface area contributed by atoms with E-state index in [0.717, 1.165) is 19.3 Å². The standard InChI is InChI=1S/C13H28F2Si/c1-2-3-4-5-6-7-8-9-10-11-12-13-16(14)15/h16H,2-13H2,1H3. The highest BCUT2D eigenvalue weighted by Crippen LogP contribution is 2.12. The summed E-state index contributed by atoms with van der Waals surface area (Å²) in [6.07, 6.45) is 13.7. The molecule has 0 aliphatic carbocycles. The normalized spacial score (nSPS) is 11.2. The van der Waals surface area contributed by atoms with Gasteiger partial charge in [0.15, 0.2) is 0 Å². The van der Waals surface area contributed by atoms with Crippen LogP contribution in [0.1, 0.15) is 77.6 Å². The van der Waals surface area contributed by atoms with Crippen LogP contribution in [0, 0.1) is 0 Å². The summed E-state index contributed by atoms with van der Waals surface area (Å²) >= 11 is 0. The van der Waals surface area contributed by atoms with Crippen molar-refractivity contribution in [3.8, 4) is 0 Å².